The minimum absolute atomic E-state index is 0.191. The highest BCUT2D eigenvalue weighted by Gasteiger charge is 2.34. The summed E-state index contributed by atoms with van der Waals surface area (Å²) >= 11 is 0. The summed E-state index contributed by atoms with van der Waals surface area (Å²) in [6, 6.07) is 17.4. The average molecular weight is 337 g/mol. The van der Waals surface area contributed by atoms with Crippen LogP contribution in [0.5, 0.6) is 0 Å². The number of rotatable bonds is 4. The molecule has 1 atom stereocenters. The highest BCUT2D eigenvalue weighted by Crippen LogP contribution is 2.43. The van der Waals surface area contributed by atoms with Gasteiger partial charge in [0.05, 0.1) is 5.56 Å². The lowest BCUT2D eigenvalue weighted by Gasteiger charge is -2.36. The Bertz CT molecular complexity index is 704. The number of carbonyl (C=O) groups excluding carboxylic acids is 1. The second-order valence-electron chi connectivity index (χ2n) is 7.79. The van der Waals surface area contributed by atoms with Gasteiger partial charge in [-0.1, -0.05) is 63.2 Å². The van der Waals surface area contributed by atoms with Crippen LogP contribution in [0.3, 0.4) is 0 Å². The summed E-state index contributed by atoms with van der Waals surface area (Å²) in [6.45, 7) is 6.64. The van der Waals surface area contributed by atoms with E-state index >= 15 is 0 Å². The Morgan fingerprint density at radius 2 is 1.64 bits per heavy atom. The van der Waals surface area contributed by atoms with Crippen molar-refractivity contribution in [1.29, 1.82) is 0 Å². The Hall–Kier alpha value is -2.13. The molecule has 131 valence electrons. The van der Waals surface area contributed by atoms with Crippen molar-refractivity contribution in [2.75, 3.05) is 0 Å². The Morgan fingerprint density at radius 1 is 1.00 bits per heavy atom. The van der Waals surface area contributed by atoms with Crippen LogP contribution in [0, 0.1) is 17.4 Å². The summed E-state index contributed by atoms with van der Waals surface area (Å²) in [5, 5.41) is 0. The highest BCUT2D eigenvalue weighted by molar-refractivity contribution is 5.89. The van der Waals surface area contributed by atoms with Crippen molar-refractivity contribution in [3.05, 3.63) is 66.3 Å². The number of carbonyl (C=O) groups is 1. The van der Waals surface area contributed by atoms with Gasteiger partial charge in [0.2, 0.25) is 0 Å². The van der Waals surface area contributed by atoms with Gasteiger partial charge in [-0.3, -0.25) is 4.89 Å². The number of benzene rings is 2. The molecule has 0 aromatic heterocycles. The van der Waals surface area contributed by atoms with E-state index in [4.69, 9.17) is 9.78 Å². The topological polar surface area (TPSA) is 35.5 Å². The summed E-state index contributed by atoms with van der Waals surface area (Å²) in [5.41, 5.74) is 2.86. The molecule has 0 bridgehead atoms. The first-order valence-corrected chi connectivity index (χ1v) is 8.82. The van der Waals surface area contributed by atoms with E-state index < -0.39 is 5.97 Å². The molecular formula is C22H25O3. The molecule has 3 heteroatoms. The van der Waals surface area contributed by atoms with E-state index in [2.05, 4.69) is 20.8 Å². The van der Waals surface area contributed by atoms with E-state index in [1.54, 1.807) is 12.1 Å². The zero-order valence-electron chi connectivity index (χ0n) is 15.1. The minimum Gasteiger partial charge on any atom is -0.292 e. The summed E-state index contributed by atoms with van der Waals surface area (Å²) < 4.78 is 0. The maximum Gasteiger partial charge on any atom is 0.373 e. The molecule has 1 aliphatic rings. The highest BCUT2D eigenvalue weighted by atomic mass is 17.2. The predicted molar refractivity (Wildman–Crippen MR) is 98.4 cm³/mol. The van der Waals surface area contributed by atoms with Gasteiger partial charge in [-0.05, 0) is 53.9 Å². The Morgan fingerprint density at radius 3 is 2.28 bits per heavy atom. The third-order valence-corrected chi connectivity index (χ3v) is 4.62. The SMILES string of the molecule is CC1C[C](OOC(=O)c2ccc(-c3ccccc3)cc2)CC(C)(C)C1. The zero-order chi connectivity index (χ0) is 17.9. The second kappa shape index (κ2) is 7.40. The molecule has 2 aromatic carbocycles. The molecule has 0 N–H and O–H groups in total. The first-order chi connectivity index (χ1) is 11.9. The van der Waals surface area contributed by atoms with Gasteiger partial charge in [0.1, 0.15) is 6.10 Å². The van der Waals surface area contributed by atoms with Gasteiger partial charge in [0.25, 0.3) is 0 Å². The van der Waals surface area contributed by atoms with Crippen LogP contribution in [-0.2, 0) is 9.78 Å². The Balaban J connectivity index is 1.58. The molecule has 0 heterocycles. The second-order valence-corrected chi connectivity index (χ2v) is 7.79. The van der Waals surface area contributed by atoms with Crippen LogP contribution in [0.1, 0.15) is 50.4 Å². The van der Waals surface area contributed by atoms with E-state index in [0.717, 1.165) is 36.5 Å². The fourth-order valence-corrected chi connectivity index (χ4v) is 3.72. The molecule has 2 aromatic rings. The molecule has 0 aliphatic heterocycles. The fourth-order valence-electron chi connectivity index (χ4n) is 3.72. The van der Waals surface area contributed by atoms with Crippen LogP contribution < -0.4 is 0 Å². The molecule has 1 fully saturated rings. The van der Waals surface area contributed by atoms with E-state index in [9.17, 15) is 4.79 Å². The van der Waals surface area contributed by atoms with Crippen LogP contribution in [0.2, 0.25) is 0 Å². The van der Waals surface area contributed by atoms with Crippen LogP contribution in [0.4, 0.5) is 0 Å². The third kappa shape index (κ3) is 4.70. The molecule has 0 amide bonds. The van der Waals surface area contributed by atoms with Crippen molar-refractivity contribution < 1.29 is 14.6 Å². The molecule has 3 rings (SSSR count). The summed E-state index contributed by atoms with van der Waals surface area (Å²) in [6.07, 6.45) is 3.70. The van der Waals surface area contributed by atoms with Crippen molar-refractivity contribution in [3.8, 4) is 11.1 Å². The van der Waals surface area contributed by atoms with Crippen molar-refractivity contribution >= 4 is 5.97 Å². The lowest BCUT2D eigenvalue weighted by molar-refractivity contribution is -0.245. The normalized spacial score (nSPS) is 20.2. The smallest absolute Gasteiger partial charge is 0.292 e. The Kier molecular flexibility index (Phi) is 5.24. The summed E-state index contributed by atoms with van der Waals surface area (Å²) in [7, 11) is 0. The van der Waals surface area contributed by atoms with Crippen LogP contribution in [0.25, 0.3) is 11.1 Å². The molecule has 25 heavy (non-hydrogen) atoms. The van der Waals surface area contributed by atoms with Crippen molar-refractivity contribution in [3.63, 3.8) is 0 Å². The van der Waals surface area contributed by atoms with Gasteiger partial charge >= 0.3 is 5.97 Å². The number of hydrogen-bond donors (Lipinski definition) is 0. The Labute approximate surface area is 149 Å². The average Bonchev–Trinajstić information content (AvgIpc) is 2.59. The predicted octanol–water partition coefficient (Wildman–Crippen LogP) is 5.82. The fraction of sp³-hybridized carbons (Fsp3) is 0.364. The maximum absolute atomic E-state index is 12.2. The van der Waals surface area contributed by atoms with Crippen LogP contribution in [-0.4, -0.2) is 5.97 Å². The van der Waals surface area contributed by atoms with Gasteiger partial charge in [-0.15, -0.1) is 0 Å². The standard InChI is InChI=1S/C22H25O3/c1-16-13-20(15-22(2,3)14-16)24-25-21(23)19-11-9-18(10-12-19)17-7-5-4-6-8-17/h4-12,16H,13-15H2,1-3H3. The summed E-state index contributed by atoms with van der Waals surface area (Å²) in [5.74, 6) is 0.0887. The first kappa shape index (κ1) is 17.7. The molecular weight excluding hydrogens is 312 g/mol. The molecule has 1 saturated carbocycles. The van der Waals surface area contributed by atoms with Crippen LogP contribution in [0.15, 0.2) is 54.6 Å². The molecule has 1 radical (unpaired) electrons. The quantitative estimate of drug-likeness (QED) is 0.521. The van der Waals surface area contributed by atoms with E-state index in [-0.39, 0.29) is 5.41 Å². The summed E-state index contributed by atoms with van der Waals surface area (Å²) in [4.78, 5) is 22.7. The van der Waals surface area contributed by atoms with Crippen molar-refractivity contribution in [2.24, 2.45) is 11.3 Å². The third-order valence-electron chi connectivity index (χ3n) is 4.62. The van der Waals surface area contributed by atoms with Gasteiger partial charge in [0, 0.05) is 0 Å². The lowest BCUT2D eigenvalue weighted by atomic mass is 9.71. The van der Waals surface area contributed by atoms with Crippen LogP contribution >= 0.6 is 0 Å². The zero-order valence-corrected chi connectivity index (χ0v) is 15.1. The van der Waals surface area contributed by atoms with Gasteiger partial charge in [0.15, 0.2) is 0 Å². The van der Waals surface area contributed by atoms with Crippen molar-refractivity contribution in [2.45, 2.75) is 40.0 Å². The van der Waals surface area contributed by atoms with E-state index in [1.165, 1.54) is 0 Å². The number of hydrogen-bond acceptors (Lipinski definition) is 3. The minimum atomic E-state index is -0.455. The molecule has 0 saturated heterocycles. The molecule has 1 aliphatic carbocycles. The van der Waals surface area contributed by atoms with Gasteiger partial charge in [-0.25, -0.2) is 4.79 Å². The van der Waals surface area contributed by atoms with Crippen molar-refractivity contribution in [1.82, 2.24) is 0 Å². The van der Waals surface area contributed by atoms with Gasteiger partial charge < -0.3 is 0 Å². The first-order valence-electron chi connectivity index (χ1n) is 8.82. The van der Waals surface area contributed by atoms with E-state index in [0.29, 0.717) is 11.5 Å². The van der Waals surface area contributed by atoms with E-state index in [1.807, 2.05) is 42.5 Å². The molecule has 1 unspecified atom stereocenters. The maximum atomic E-state index is 12.2. The monoisotopic (exact) mass is 337 g/mol. The molecule has 0 spiro atoms. The van der Waals surface area contributed by atoms with Gasteiger partial charge in [-0.2, -0.15) is 4.89 Å². The largest absolute Gasteiger partial charge is 0.373 e. The lowest BCUT2D eigenvalue weighted by Crippen LogP contribution is -2.28. The molecule has 3 nitrogen and oxygen atoms in total.